The fraction of sp³-hybridized carbons (Fsp3) is 0.522. The third kappa shape index (κ3) is 7.59. The Morgan fingerprint density at radius 2 is 1.48 bits per heavy atom. The number of carboxylic acids is 1. The molecule has 4 heteroatoms. The van der Waals surface area contributed by atoms with Crippen LogP contribution in [0.2, 0.25) is 0 Å². The Labute approximate surface area is 164 Å². The van der Waals surface area contributed by atoms with Gasteiger partial charge in [-0.3, -0.25) is 4.79 Å². The van der Waals surface area contributed by atoms with Crippen molar-refractivity contribution in [3.63, 3.8) is 0 Å². The van der Waals surface area contributed by atoms with Crippen LogP contribution >= 0.6 is 0 Å². The van der Waals surface area contributed by atoms with Crippen LogP contribution in [-0.2, 0) is 4.79 Å². The normalized spacial score (nSPS) is 11.8. The molecule has 0 amide bonds. The van der Waals surface area contributed by atoms with Crippen LogP contribution in [-0.4, -0.2) is 42.7 Å². The van der Waals surface area contributed by atoms with Crippen LogP contribution in [0.5, 0.6) is 5.75 Å². The fourth-order valence-corrected chi connectivity index (χ4v) is 3.07. The SMILES string of the molecule is CCCN(CCC)CCC.COc1ccc2cc(C(C)C(=O)O)ccc2c1. The topological polar surface area (TPSA) is 49.8 Å². The van der Waals surface area contributed by atoms with E-state index >= 15 is 0 Å². The summed E-state index contributed by atoms with van der Waals surface area (Å²) in [5.74, 6) is -0.490. The highest BCUT2D eigenvalue weighted by atomic mass is 16.5. The van der Waals surface area contributed by atoms with Crippen LogP contribution in [0.3, 0.4) is 0 Å². The van der Waals surface area contributed by atoms with Crippen LogP contribution < -0.4 is 4.74 Å². The van der Waals surface area contributed by atoms with Crippen molar-refractivity contribution in [1.82, 2.24) is 4.90 Å². The number of methoxy groups -OCH3 is 1. The van der Waals surface area contributed by atoms with E-state index < -0.39 is 11.9 Å². The van der Waals surface area contributed by atoms with E-state index in [1.165, 1.54) is 38.9 Å². The molecule has 2 rings (SSSR count). The number of hydrogen-bond acceptors (Lipinski definition) is 3. The first-order valence-electron chi connectivity index (χ1n) is 9.99. The van der Waals surface area contributed by atoms with Crippen LogP contribution in [0.4, 0.5) is 0 Å². The highest BCUT2D eigenvalue weighted by molar-refractivity contribution is 5.86. The molecule has 150 valence electrons. The van der Waals surface area contributed by atoms with Crippen LogP contribution in [0.1, 0.15) is 58.4 Å². The Morgan fingerprint density at radius 3 is 1.96 bits per heavy atom. The lowest BCUT2D eigenvalue weighted by molar-refractivity contribution is -0.138. The molecule has 0 aliphatic carbocycles. The molecule has 27 heavy (non-hydrogen) atoms. The molecule has 0 heterocycles. The second-order valence-corrected chi connectivity index (χ2v) is 6.87. The summed E-state index contributed by atoms with van der Waals surface area (Å²) in [6, 6.07) is 11.4. The molecular formula is C23H35NO3. The Kier molecular flexibility index (Phi) is 10.5. The van der Waals surface area contributed by atoms with Gasteiger partial charge in [-0.2, -0.15) is 0 Å². The van der Waals surface area contributed by atoms with Gasteiger partial charge in [-0.25, -0.2) is 0 Å². The predicted octanol–water partition coefficient (Wildman–Crippen LogP) is 5.55. The van der Waals surface area contributed by atoms with Crippen molar-refractivity contribution in [1.29, 1.82) is 0 Å². The van der Waals surface area contributed by atoms with Gasteiger partial charge in [0, 0.05) is 0 Å². The number of rotatable bonds is 9. The van der Waals surface area contributed by atoms with Gasteiger partial charge in [0.1, 0.15) is 5.75 Å². The van der Waals surface area contributed by atoms with Gasteiger partial charge in [-0.1, -0.05) is 45.0 Å². The minimum Gasteiger partial charge on any atom is -0.497 e. The zero-order chi connectivity index (χ0) is 20.2. The zero-order valence-corrected chi connectivity index (χ0v) is 17.5. The summed E-state index contributed by atoms with van der Waals surface area (Å²) in [7, 11) is 1.63. The minimum absolute atomic E-state index is 0.485. The maximum Gasteiger partial charge on any atom is 0.310 e. The van der Waals surface area contributed by atoms with E-state index in [2.05, 4.69) is 25.7 Å². The van der Waals surface area contributed by atoms with Gasteiger partial charge >= 0.3 is 5.97 Å². The van der Waals surface area contributed by atoms with Crippen molar-refractivity contribution in [2.24, 2.45) is 0 Å². The van der Waals surface area contributed by atoms with Gasteiger partial charge in [0.15, 0.2) is 0 Å². The van der Waals surface area contributed by atoms with Gasteiger partial charge in [0.2, 0.25) is 0 Å². The number of nitrogens with zero attached hydrogens (tertiary/aromatic N) is 1. The summed E-state index contributed by atoms with van der Waals surface area (Å²) < 4.78 is 5.14. The van der Waals surface area contributed by atoms with E-state index in [0.717, 1.165) is 22.1 Å². The van der Waals surface area contributed by atoms with Crippen LogP contribution in [0.15, 0.2) is 36.4 Å². The lowest BCUT2D eigenvalue weighted by Gasteiger charge is -2.19. The molecule has 2 aromatic carbocycles. The fourth-order valence-electron chi connectivity index (χ4n) is 3.07. The summed E-state index contributed by atoms with van der Waals surface area (Å²) in [4.78, 5) is 13.5. The number of benzene rings is 2. The van der Waals surface area contributed by atoms with E-state index in [1.54, 1.807) is 14.0 Å². The van der Waals surface area contributed by atoms with Crippen molar-refractivity contribution < 1.29 is 14.6 Å². The highest BCUT2D eigenvalue weighted by Gasteiger charge is 2.13. The average molecular weight is 374 g/mol. The minimum atomic E-state index is -0.808. The predicted molar refractivity (Wildman–Crippen MR) is 114 cm³/mol. The molecule has 2 aromatic rings. The molecule has 1 unspecified atom stereocenters. The van der Waals surface area contributed by atoms with Crippen molar-refractivity contribution in [2.45, 2.75) is 52.9 Å². The monoisotopic (exact) mass is 373 g/mol. The van der Waals surface area contributed by atoms with E-state index in [1.807, 2.05) is 36.4 Å². The number of fused-ring (bicyclic) bond motifs is 1. The maximum absolute atomic E-state index is 10.9. The molecule has 0 aliphatic rings. The number of aliphatic carboxylic acids is 1. The zero-order valence-electron chi connectivity index (χ0n) is 17.5. The second-order valence-electron chi connectivity index (χ2n) is 6.87. The van der Waals surface area contributed by atoms with Gasteiger partial charge < -0.3 is 14.7 Å². The molecule has 0 aromatic heterocycles. The summed E-state index contributed by atoms with van der Waals surface area (Å²) in [5.41, 5.74) is 0.815. The van der Waals surface area contributed by atoms with Crippen molar-refractivity contribution in [3.8, 4) is 5.75 Å². The smallest absolute Gasteiger partial charge is 0.310 e. The van der Waals surface area contributed by atoms with Gasteiger partial charge in [-0.15, -0.1) is 0 Å². The van der Waals surface area contributed by atoms with Crippen LogP contribution in [0.25, 0.3) is 10.8 Å². The molecule has 0 spiro atoms. The van der Waals surface area contributed by atoms with E-state index in [0.29, 0.717) is 0 Å². The molecule has 4 nitrogen and oxygen atoms in total. The van der Waals surface area contributed by atoms with Crippen molar-refractivity contribution in [2.75, 3.05) is 26.7 Å². The summed E-state index contributed by atoms with van der Waals surface area (Å²) in [6.07, 6.45) is 3.88. The Bertz CT molecular complexity index is 685. The van der Waals surface area contributed by atoms with Crippen LogP contribution in [0, 0.1) is 0 Å². The quantitative estimate of drug-likeness (QED) is 0.625. The highest BCUT2D eigenvalue weighted by Crippen LogP contribution is 2.25. The summed E-state index contributed by atoms with van der Waals surface area (Å²) in [5, 5.41) is 11.0. The second kappa shape index (κ2) is 12.3. The first kappa shape index (κ1) is 23.0. The maximum atomic E-state index is 10.9. The van der Waals surface area contributed by atoms with Crippen molar-refractivity contribution >= 4 is 16.7 Å². The third-order valence-electron chi connectivity index (χ3n) is 4.56. The largest absolute Gasteiger partial charge is 0.497 e. The van der Waals surface area contributed by atoms with Gasteiger partial charge in [-0.05, 0) is 74.3 Å². The standard InChI is InChI=1S/C14H14O3.C9H21N/c1-9(14(15)16)10-3-4-12-8-13(17-2)6-5-11(12)7-10;1-4-7-10(8-5-2)9-6-3/h3-9H,1-2H3,(H,15,16);4-9H2,1-3H3. The lowest BCUT2D eigenvalue weighted by Crippen LogP contribution is -2.25. The number of hydrogen-bond donors (Lipinski definition) is 1. The molecule has 0 saturated carbocycles. The molecule has 1 atom stereocenters. The third-order valence-corrected chi connectivity index (χ3v) is 4.56. The van der Waals surface area contributed by atoms with E-state index in [9.17, 15) is 4.79 Å². The molecule has 0 fully saturated rings. The first-order valence-corrected chi connectivity index (χ1v) is 9.99. The van der Waals surface area contributed by atoms with Gasteiger partial charge in [0.05, 0.1) is 13.0 Å². The summed E-state index contributed by atoms with van der Waals surface area (Å²) >= 11 is 0. The van der Waals surface area contributed by atoms with Crippen molar-refractivity contribution in [3.05, 3.63) is 42.0 Å². The first-order chi connectivity index (χ1) is 13.0. The molecule has 1 N–H and O–H groups in total. The molecule has 0 bridgehead atoms. The molecule has 0 aliphatic heterocycles. The average Bonchev–Trinajstić information content (AvgIpc) is 2.67. The molecular weight excluding hydrogens is 338 g/mol. The summed E-state index contributed by atoms with van der Waals surface area (Å²) in [6.45, 7) is 12.3. The number of carbonyl (C=O) groups is 1. The Morgan fingerprint density at radius 1 is 0.963 bits per heavy atom. The lowest BCUT2D eigenvalue weighted by atomic mass is 9.98. The Balaban J connectivity index is 0.000000314. The van der Waals surface area contributed by atoms with E-state index in [4.69, 9.17) is 9.84 Å². The number of ether oxygens (including phenoxy) is 1. The number of carboxylic acid groups (broad SMARTS) is 1. The van der Waals surface area contributed by atoms with Gasteiger partial charge in [0.25, 0.3) is 0 Å². The molecule has 0 radical (unpaired) electrons. The molecule has 0 saturated heterocycles. The van der Waals surface area contributed by atoms with E-state index in [-0.39, 0.29) is 0 Å². The Hall–Kier alpha value is -2.07.